The summed E-state index contributed by atoms with van der Waals surface area (Å²) < 4.78 is 5.35. The predicted octanol–water partition coefficient (Wildman–Crippen LogP) is 1.31. The molecule has 0 saturated carbocycles. The van der Waals surface area contributed by atoms with Gasteiger partial charge in [0.15, 0.2) is 5.82 Å². The van der Waals surface area contributed by atoms with Gasteiger partial charge < -0.3 is 9.84 Å². The van der Waals surface area contributed by atoms with E-state index in [-0.39, 0.29) is 11.5 Å². The number of nitrogens with one attached hydrogen (secondary N) is 2. The number of aromatic amines is 1. The van der Waals surface area contributed by atoms with Gasteiger partial charge in [-0.05, 0) is 24.8 Å². The SMILES string of the molecule is CC1(C)CCCNC1c1nc(-c2ncn[nH]2)no1. The lowest BCUT2D eigenvalue weighted by molar-refractivity contribution is 0.146. The Labute approximate surface area is 104 Å². The first kappa shape index (κ1) is 11.3. The maximum absolute atomic E-state index is 5.35. The van der Waals surface area contributed by atoms with Crippen LogP contribution in [0.1, 0.15) is 38.6 Å². The van der Waals surface area contributed by atoms with Crippen molar-refractivity contribution in [2.24, 2.45) is 5.41 Å². The number of piperidine rings is 1. The van der Waals surface area contributed by atoms with Crippen molar-refractivity contribution >= 4 is 0 Å². The van der Waals surface area contributed by atoms with Crippen molar-refractivity contribution < 1.29 is 4.52 Å². The Morgan fingerprint density at radius 1 is 1.44 bits per heavy atom. The van der Waals surface area contributed by atoms with Crippen molar-refractivity contribution in [1.82, 2.24) is 30.6 Å². The molecule has 2 aromatic heterocycles. The van der Waals surface area contributed by atoms with E-state index in [1.165, 1.54) is 12.7 Å². The summed E-state index contributed by atoms with van der Waals surface area (Å²) in [6.45, 7) is 5.40. The summed E-state index contributed by atoms with van der Waals surface area (Å²) in [5, 5.41) is 13.9. The van der Waals surface area contributed by atoms with Gasteiger partial charge in [-0.2, -0.15) is 10.1 Å². The van der Waals surface area contributed by atoms with Gasteiger partial charge in [-0.3, -0.25) is 5.10 Å². The Morgan fingerprint density at radius 3 is 3.06 bits per heavy atom. The lowest BCUT2D eigenvalue weighted by Gasteiger charge is -2.36. The molecule has 1 aliphatic heterocycles. The van der Waals surface area contributed by atoms with Crippen molar-refractivity contribution in [2.75, 3.05) is 6.54 Å². The summed E-state index contributed by atoms with van der Waals surface area (Å²) in [7, 11) is 0. The third kappa shape index (κ3) is 1.90. The van der Waals surface area contributed by atoms with E-state index in [0.29, 0.717) is 17.5 Å². The van der Waals surface area contributed by atoms with Gasteiger partial charge >= 0.3 is 0 Å². The summed E-state index contributed by atoms with van der Waals surface area (Å²) >= 11 is 0. The zero-order valence-corrected chi connectivity index (χ0v) is 10.5. The highest BCUT2D eigenvalue weighted by Crippen LogP contribution is 2.39. The highest BCUT2D eigenvalue weighted by Gasteiger charge is 2.37. The topological polar surface area (TPSA) is 92.5 Å². The summed E-state index contributed by atoms with van der Waals surface area (Å²) in [5.41, 5.74) is 0.115. The fraction of sp³-hybridized carbons (Fsp3) is 0.636. The second-order valence-electron chi connectivity index (χ2n) is 5.27. The number of H-pyrrole nitrogens is 1. The van der Waals surface area contributed by atoms with Crippen LogP contribution in [0.3, 0.4) is 0 Å². The highest BCUT2D eigenvalue weighted by molar-refractivity contribution is 5.39. The van der Waals surface area contributed by atoms with E-state index >= 15 is 0 Å². The van der Waals surface area contributed by atoms with Gasteiger partial charge in [0.05, 0.1) is 6.04 Å². The quantitative estimate of drug-likeness (QED) is 0.832. The molecule has 1 fully saturated rings. The van der Waals surface area contributed by atoms with Crippen LogP contribution in [0.2, 0.25) is 0 Å². The lowest BCUT2D eigenvalue weighted by atomic mass is 9.77. The van der Waals surface area contributed by atoms with Crippen molar-refractivity contribution in [3.63, 3.8) is 0 Å². The monoisotopic (exact) mass is 248 g/mol. The molecular formula is C11H16N6O. The van der Waals surface area contributed by atoms with Crippen LogP contribution in [0, 0.1) is 5.41 Å². The Balaban J connectivity index is 1.89. The van der Waals surface area contributed by atoms with Gasteiger partial charge in [-0.25, -0.2) is 4.98 Å². The Hall–Kier alpha value is -1.76. The Morgan fingerprint density at radius 2 is 2.33 bits per heavy atom. The molecule has 18 heavy (non-hydrogen) atoms. The van der Waals surface area contributed by atoms with Crippen LogP contribution in [0.5, 0.6) is 0 Å². The Kier molecular flexibility index (Phi) is 2.62. The molecule has 7 heteroatoms. The zero-order chi connectivity index (χ0) is 12.6. The van der Waals surface area contributed by atoms with Crippen LogP contribution in [0.4, 0.5) is 0 Å². The largest absolute Gasteiger partial charge is 0.337 e. The Bertz CT molecular complexity index is 517. The summed E-state index contributed by atoms with van der Waals surface area (Å²) in [4.78, 5) is 8.41. The number of aromatic nitrogens is 5. The van der Waals surface area contributed by atoms with Gasteiger partial charge in [0.1, 0.15) is 6.33 Å². The first-order chi connectivity index (χ1) is 8.67. The highest BCUT2D eigenvalue weighted by atomic mass is 16.5. The molecule has 1 aliphatic rings. The van der Waals surface area contributed by atoms with Crippen molar-refractivity contribution in [2.45, 2.75) is 32.7 Å². The molecule has 3 rings (SSSR count). The van der Waals surface area contributed by atoms with Crippen molar-refractivity contribution in [3.05, 3.63) is 12.2 Å². The number of hydrogen-bond acceptors (Lipinski definition) is 6. The molecule has 96 valence electrons. The van der Waals surface area contributed by atoms with E-state index in [1.807, 2.05) is 0 Å². The molecule has 3 heterocycles. The number of nitrogens with zero attached hydrogens (tertiary/aromatic N) is 4. The van der Waals surface area contributed by atoms with E-state index < -0.39 is 0 Å². The molecule has 1 unspecified atom stereocenters. The average molecular weight is 248 g/mol. The molecule has 1 saturated heterocycles. The maximum Gasteiger partial charge on any atom is 0.244 e. The van der Waals surface area contributed by atoms with Gasteiger partial charge in [-0.1, -0.05) is 19.0 Å². The summed E-state index contributed by atoms with van der Waals surface area (Å²) in [6, 6.07) is 0.0930. The molecule has 0 aromatic carbocycles. The zero-order valence-electron chi connectivity index (χ0n) is 10.5. The van der Waals surface area contributed by atoms with E-state index in [2.05, 4.69) is 44.5 Å². The smallest absolute Gasteiger partial charge is 0.244 e. The minimum atomic E-state index is 0.0930. The van der Waals surface area contributed by atoms with E-state index in [9.17, 15) is 0 Å². The van der Waals surface area contributed by atoms with E-state index in [0.717, 1.165) is 13.0 Å². The second-order valence-corrected chi connectivity index (χ2v) is 5.27. The van der Waals surface area contributed by atoms with Crippen molar-refractivity contribution in [3.8, 4) is 11.6 Å². The van der Waals surface area contributed by atoms with Crippen molar-refractivity contribution in [1.29, 1.82) is 0 Å². The predicted molar refractivity (Wildman–Crippen MR) is 63.4 cm³/mol. The molecule has 1 atom stereocenters. The normalized spacial score (nSPS) is 23.1. The lowest BCUT2D eigenvalue weighted by Crippen LogP contribution is -2.39. The second kappa shape index (κ2) is 4.16. The first-order valence-electron chi connectivity index (χ1n) is 6.09. The molecule has 2 N–H and O–H groups in total. The van der Waals surface area contributed by atoms with Crippen LogP contribution in [0.15, 0.2) is 10.9 Å². The minimum Gasteiger partial charge on any atom is -0.337 e. The number of rotatable bonds is 2. The number of hydrogen-bond donors (Lipinski definition) is 2. The molecule has 0 aliphatic carbocycles. The van der Waals surface area contributed by atoms with Crippen LogP contribution >= 0.6 is 0 Å². The van der Waals surface area contributed by atoms with Gasteiger partial charge in [-0.15, -0.1) is 0 Å². The third-order valence-corrected chi connectivity index (χ3v) is 3.44. The molecule has 0 amide bonds. The maximum atomic E-state index is 5.35. The fourth-order valence-corrected chi connectivity index (χ4v) is 2.39. The molecule has 0 radical (unpaired) electrons. The molecule has 7 nitrogen and oxygen atoms in total. The third-order valence-electron chi connectivity index (χ3n) is 3.44. The van der Waals surface area contributed by atoms with Gasteiger partial charge in [0.2, 0.25) is 11.7 Å². The van der Waals surface area contributed by atoms with E-state index in [1.54, 1.807) is 0 Å². The van der Waals surface area contributed by atoms with Crippen LogP contribution in [-0.4, -0.2) is 31.9 Å². The molecule has 0 bridgehead atoms. The first-order valence-corrected chi connectivity index (χ1v) is 6.09. The summed E-state index contributed by atoms with van der Waals surface area (Å²) in [5.74, 6) is 1.59. The van der Waals surface area contributed by atoms with Crippen LogP contribution in [-0.2, 0) is 0 Å². The van der Waals surface area contributed by atoms with Crippen LogP contribution < -0.4 is 5.32 Å². The van der Waals surface area contributed by atoms with E-state index in [4.69, 9.17) is 4.52 Å². The van der Waals surface area contributed by atoms with Crippen LogP contribution in [0.25, 0.3) is 11.6 Å². The fourth-order valence-electron chi connectivity index (χ4n) is 2.39. The average Bonchev–Trinajstić information content (AvgIpc) is 2.99. The molecule has 0 spiro atoms. The summed E-state index contributed by atoms with van der Waals surface area (Å²) in [6.07, 6.45) is 3.74. The molecule has 2 aromatic rings. The standard InChI is InChI=1S/C11H16N6O/c1-11(2)4-3-5-12-7(11)10-15-9(17-18-10)8-13-6-14-16-8/h6-7,12H,3-5H2,1-2H3,(H,13,14,16). The molecular weight excluding hydrogens is 232 g/mol. The minimum absolute atomic E-state index is 0.0930. The van der Waals surface area contributed by atoms with Gasteiger partial charge in [0.25, 0.3) is 0 Å². The van der Waals surface area contributed by atoms with Gasteiger partial charge in [0, 0.05) is 0 Å².